The summed E-state index contributed by atoms with van der Waals surface area (Å²) in [6.07, 6.45) is 3.07. The third-order valence-electron chi connectivity index (χ3n) is 2.01. The Morgan fingerprint density at radius 1 is 1.21 bits per heavy atom. The fraction of sp³-hybridized carbons (Fsp3) is 0.636. The van der Waals surface area contributed by atoms with Crippen molar-refractivity contribution in [3.05, 3.63) is 17.6 Å². The first-order valence-corrected chi connectivity index (χ1v) is 5.40. The fourth-order valence-corrected chi connectivity index (χ4v) is 1.37. The van der Waals surface area contributed by atoms with Crippen molar-refractivity contribution in [3.63, 3.8) is 0 Å². The van der Waals surface area contributed by atoms with Crippen LogP contribution in [-0.2, 0) is 12.8 Å². The Morgan fingerprint density at radius 3 is 2.57 bits per heavy atom. The van der Waals surface area contributed by atoms with Gasteiger partial charge in [-0.25, -0.2) is 9.97 Å². The quantitative estimate of drug-likeness (QED) is 0.780. The maximum absolute atomic E-state index is 4.47. The highest BCUT2D eigenvalue weighted by Crippen LogP contribution is 2.08. The molecule has 78 valence electrons. The summed E-state index contributed by atoms with van der Waals surface area (Å²) in [6.45, 7) is 7.24. The van der Waals surface area contributed by atoms with E-state index in [1.165, 1.54) is 0 Å². The lowest BCUT2D eigenvalue weighted by molar-refractivity contribution is 0.834. The summed E-state index contributed by atoms with van der Waals surface area (Å²) in [5, 5.41) is 3.23. The number of rotatable bonds is 5. The van der Waals surface area contributed by atoms with Crippen molar-refractivity contribution in [2.75, 3.05) is 11.9 Å². The molecule has 0 saturated heterocycles. The summed E-state index contributed by atoms with van der Waals surface area (Å²) in [4.78, 5) is 8.87. The number of aryl methyl sites for hydroxylation is 2. The summed E-state index contributed by atoms with van der Waals surface area (Å²) in [7, 11) is 0. The van der Waals surface area contributed by atoms with Gasteiger partial charge in [-0.3, -0.25) is 0 Å². The number of aromatic nitrogens is 2. The number of nitrogens with one attached hydrogen (secondary N) is 1. The van der Waals surface area contributed by atoms with Gasteiger partial charge in [-0.05, 0) is 13.3 Å². The number of hydrogen-bond acceptors (Lipinski definition) is 3. The second-order valence-electron chi connectivity index (χ2n) is 3.29. The van der Waals surface area contributed by atoms with Crippen LogP contribution in [0.5, 0.6) is 0 Å². The van der Waals surface area contributed by atoms with Crippen LogP contribution >= 0.6 is 0 Å². The van der Waals surface area contributed by atoms with Crippen LogP contribution in [0.3, 0.4) is 0 Å². The smallest absolute Gasteiger partial charge is 0.130 e. The van der Waals surface area contributed by atoms with Gasteiger partial charge in [0.15, 0.2) is 0 Å². The molecule has 0 saturated carbocycles. The standard InChI is InChI=1S/C11H19N3/c1-4-7-9-8-11(12-6-3)14-10(5-2)13-9/h8H,4-7H2,1-3H3,(H,12,13,14). The zero-order valence-electron chi connectivity index (χ0n) is 9.30. The van der Waals surface area contributed by atoms with Gasteiger partial charge in [-0.2, -0.15) is 0 Å². The molecule has 1 aromatic heterocycles. The van der Waals surface area contributed by atoms with Crippen LogP contribution in [0.15, 0.2) is 6.07 Å². The van der Waals surface area contributed by atoms with Gasteiger partial charge in [0.25, 0.3) is 0 Å². The summed E-state index contributed by atoms with van der Waals surface area (Å²) < 4.78 is 0. The van der Waals surface area contributed by atoms with E-state index >= 15 is 0 Å². The molecule has 14 heavy (non-hydrogen) atoms. The molecular weight excluding hydrogens is 174 g/mol. The van der Waals surface area contributed by atoms with Crippen LogP contribution < -0.4 is 5.32 Å². The zero-order valence-corrected chi connectivity index (χ0v) is 9.30. The molecule has 0 aliphatic rings. The highest BCUT2D eigenvalue weighted by atomic mass is 15.0. The van der Waals surface area contributed by atoms with Crippen LogP contribution in [0, 0.1) is 0 Å². The van der Waals surface area contributed by atoms with Crippen molar-refractivity contribution in [2.24, 2.45) is 0 Å². The molecule has 0 amide bonds. The topological polar surface area (TPSA) is 37.8 Å². The van der Waals surface area contributed by atoms with E-state index in [0.29, 0.717) is 0 Å². The van der Waals surface area contributed by atoms with Crippen LogP contribution in [0.25, 0.3) is 0 Å². The molecule has 0 aliphatic heterocycles. The van der Waals surface area contributed by atoms with E-state index in [0.717, 1.165) is 43.1 Å². The SMILES string of the molecule is CCCc1cc(NCC)nc(CC)n1. The van der Waals surface area contributed by atoms with E-state index in [1.807, 2.05) is 6.07 Å². The van der Waals surface area contributed by atoms with Crippen LogP contribution in [-0.4, -0.2) is 16.5 Å². The van der Waals surface area contributed by atoms with Crippen molar-refractivity contribution in [1.29, 1.82) is 0 Å². The largest absolute Gasteiger partial charge is 0.370 e. The molecule has 0 atom stereocenters. The number of nitrogens with zero attached hydrogens (tertiary/aromatic N) is 2. The summed E-state index contributed by atoms with van der Waals surface area (Å²) in [6, 6.07) is 2.05. The van der Waals surface area contributed by atoms with Crippen LogP contribution in [0.4, 0.5) is 5.82 Å². The second kappa shape index (κ2) is 5.58. The Kier molecular flexibility index (Phi) is 4.36. The van der Waals surface area contributed by atoms with Gasteiger partial charge in [0.1, 0.15) is 11.6 Å². The molecule has 0 radical (unpaired) electrons. The monoisotopic (exact) mass is 193 g/mol. The fourth-order valence-electron chi connectivity index (χ4n) is 1.37. The van der Waals surface area contributed by atoms with Crippen molar-refractivity contribution >= 4 is 5.82 Å². The Hall–Kier alpha value is -1.12. The molecule has 0 aromatic carbocycles. The average Bonchev–Trinajstić information content (AvgIpc) is 2.18. The van der Waals surface area contributed by atoms with Crippen molar-refractivity contribution in [3.8, 4) is 0 Å². The van der Waals surface area contributed by atoms with Crippen LogP contribution in [0.1, 0.15) is 38.7 Å². The van der Waals surface area contributed by atoms with E-state index < -0.39 is 0 Å². The van der Waals surface area contributed by atoms with E-state index in [-0.39, 0.29) is 0 Å². The molecule has 1 N–H and O–H groups in total. The van der Waals surface area contributed by atoms with Gasteiger partial charge in [-0.15, -0.1) is 0 Å². The summed E-state index contributed by atoms with van der Waals surface area (Å²) in [5.74, 6) is 1.90. The molecule has 0 fully saturated rings. The lowest BCUT2D eigenvalue weighted by Gasteiger charge is -2.06. The van der Waals surface area contributed by atoms with Crippen molar-refractivity contribution in [2.45, 2.75) is 40.0 Å². The van der Waals surface area contributed by atoms with Crippen molar-refractivity contribution < 1.29 is 0 Å². The molecule has 0 spiro atoms. The van der Waals surface area contributed by atoms with E-state index in [1.54, 1.807) is 0 Å². The van der Waals surface area contributed by atoms with Gasteiger partial charge in [-0.1, -0.05) is 20.3 Å². The summed E-state index contributed by atoms with van der Waals surface area (Å²) in [5.41, 5.74) is 1.15. The van der Waals surface area contributed by atoms with Gasteiger partial charge in [0, 0.05) is 24.7 Å². The van der Waals surface area contributed by atoms with Crippen molar-refractivity contribution in [1.82, 2.24) is 9.97 Å². The Balaban J connectivity index is 2.88. The molecular formula is C11H19N3. The molecule has 3 heteroatoms. The van der Waals surface area contributed by atoms with E-state index in [9.17, 15) is 0 Å². The Labute approximate surface area is 86.0 Å². The Morgan fingerprint density at radius 2 is 2.00 bits per heavy atom. The second-order valence-corrected chi connectivity index (χ2v) is 3.29. The predicted octanol–water partition coefficient (Wildman–Crippen LogP) is 2.42. The first kappa shape index (κ1) is 11.0. The molecule has 0 bridgehead atoms. The van der Waals surface area contributed by atoms with E-state index in [2.05, 4.69) is 36.1 Å². The molecule has 1 aromatic rings. The number of anilines is 1. The third-order valence-corrected chi connectivity index (χ3v) is 2.01. The normalized spacial score (nSPS) is 10.2. The minimum Gasteiger partial charge on any atom is -0.370 e. The minimum absolute atomic E-state index is 0.899. The molecule has 1 rings (SSSR count). The van der Waals surface area contributed by atoms with Crippen LogP contribution in [0.2, 0.25) is 0 Å². The third kappa shape index (κ3) is 2.98. The predicted molar refractivity (Wildman–Crippen MR) is 59.6 cm³/mol. The van der Waals surface area contributed by atoms with Gasteiger partial charge >= 0.3 is 0 Å². The first-order valence-electron chi connectivity index (χ1n) is 5.40. The van der Waals surface area contributed by atoms with E-state index in [4.69, 9.17) is 0 Å². The lowest BCUT2D eigenvalue weighted by Crippen LogP contribution is -2.05. The highest BCUT2D eigenvalue weighted by Gasteiger charge is 2.01. The molecule has 0 unspecified atom stereocenters. The average molecular weight is 193 g/mol. The first-order chi connectivity index (χ1) is 6.80. The highest BCUT2D eigenvalue weighted by molar-refractivity contribution is 5.35. The zero-order chi connectivity index (χ0) is 10.4. The maximum atomic E-state index is 4.47. The maximum Gasteiger partial charge on any atom is 0.130 e. The van der Waals surface area contributed by atoms with Gasteiger partial charge in [0.2, 0.25) is 0 Å². The summed E-state index contributed by atoms with van der Waals surface area (Å²) >= 11 is 0. The minimum atomic E-state index is 0.899. The van der Waals surface area contributed by atoms with Gasteiger partial charge in [0.05, 0.1) is 0 Å². The lowest BCUT2D eigenvalue weighted by atomic mass is 10.2. The van der Waals surface area contributed by atoms with Gasteiger partial charge < -0.3 is 5.32 Å². The molecule has 0 aliphatic carbocycles. The molecule has 1 heterocycles. The number of hydrogen-bond donors (Lipinski definition) is 1. The molecule has 3 nitrogen and oxygen atoms in total. The Bertz CT molecular complexity index is 260.